The summed E-state index contributed by atoms with van der Waals surface area (Å²) in [5.74, 6) is -0.927. The van der Waals surface area contributed by atoms with Gasteiger partial charge in [0.25, 0.3) is 0 Å². The second-order valence-electron chi connectivity index (χ2n) is 4.57. The minimum absolute atomic E-state index is 0.120. The van der Waals surface area contributed by atoms with Gasteiger partial charge in [-0.2, -0.15) is 0 Å². The van der Waals surface area contributed by atoms with Crippen molar-refractivity contribution in [2.24, 2.45) is 5.41 Å². The van der Waals surface area contributed by atoms with Crippen LogP contribution in [-0.4, -0.2) is 22.1 Å². The third kappa shape index (κ3) is 3.20. The van der Waals surface area contributed by atoms with Crippen LogP contribution in [0.3, 0.4) is 0 Å². The molecule has 1 aromatic rings. The first kappa shape index (κ1) is 12.0. The highest BCUT2D eigenvalue weighted by Crippen LogP contribution is 2.25. The number of nitrogens with one attached hydrogen (secondary N) is 1. The quantitative estimate of drug-likeness (QED) is 0.835. The number of carboxylic acid groups (broad SMARTS) is 1. The molecule has 0 radical (unpaired) electrons. The fourth-order valence-corrected chi connectivity index (χ4v) is 1.58. The first-order valence-corrected chi connectivity index (χ1v) is 5.58. The Kier molecular flexibility index (Phi) is 3.34. The maximum Gasteiger partial charge on any atom is 0.347 e. The lowest BCUT2D eigenvalue weighted by Crippen LogP contribution is -2.30. The van der Waals surface area contributed by atoms with E-state index in [2.05, 4.69) is 38.0 Å². The summed E-state index contributed by atoms with van der Waals surface area (Å²) >= 11 is 1.16. The molecular formula is C10H16N2O2S. The number of carbonyl (C=O) groups is 1. The smallest absolute Gasteiger partial charge is 0.347 e. The van der Waals surface area contributed by atoms with E-state index in [1.807, 2.05) is 0 Å². The summed E-state index contributed by atoms with van der Waals surface area (Å²) in [6.45, 7) is 8.42. The Morgan fingerprint density at radius 1 is 1.60 bits per heavy atom. The molecule has 1 heterocycles. The van der Waals surface area contributed by atoms with Gasteiger partial charge in [0, 0.05) is 6.04 Å². The standard InChI is InChI=1S/C10H16N2O2S/c1-6(10(2,3)4)12-9-11-5-7(15-9)8(13)14/h5-6H,1-4H3,(H,11,12)(H,13,14). The molecule has 15 heavy (non-hydrogen) atoms. The fraction of sp³-hybridized carbons (Fsp3) is 0.600. The number of hydrogen-bond donors (Lipinski definition) is 2. The van der Waals surface area contributed by atoms with Crippen LogP contribution in [0.15, 0.2) is 6.20 Å². The molecule has 1 aromatic heterocycles. The van der Waals surface area contributed by atoms with Crippen LogP contribution in [0.4, 0.5) is 5.13 Å². The second-order valence-corrected chi connectivity index (χ2v) is 5.60. The van der Waals surface area contributed by atoms with Crippen molar-refractivity contribution < 1.29 is 9.90 Å². The summed E-state index contributed by atoms with van der Waals surface area (Å²) in [5, 5.41) is 12.6. The van der Waals surface area contributed by atoms with Crippen molar-refractivity contribution in [3.8, 4) is 0 Å². The van der Waals surface area contributed by atoms with Gasteiger partial charge in [0.15, 0.2) is 5.13 Å². The molecular weight excluding hydrogens is 212 g/mol. The van der Waals surface area contributed by atoms with Crippen LogP contribution in [0, 0.1) is 5.41 Å². The molecule has 0 aromatic carbocycles. The molecule has 0 fully saturated rings. The normalized spacial score (nSPS) is 13.6. The van der Waals surface area contributed by atoms with E-state index in [0.29, 0.717) is 5.13 Å². The van der Waals surface area contributed by atoms with Crippen molar-refractivity contribution in [1.29, 1.82) is 0 Å². The zero-order valence-corrected chi connectivity index (χ0v) is 10.2. The third-order valence-electron chi connectivity index (χ3n) is 2.36. The van der Waals surface area contributed by atoms with Crippen LogP contribution in [0.25, 0.3) is 0 Å². The van der Waals surface area contributed by atoms with Crippen LogP contribution in [0.2, 0.25) is 0 Å². The molecule has 1 unspecified atom stereocenters. The van der Waals surface area contributed by atoms with E-state index in [0.717, 1.165) is 11.3 Å². The highest BCUT2D eigenvalue weighted by Gasteiger charge is 2.21. The van der Waals surface area contributed by atoms with E-state index in [1.54, 1.807) is 0 Å². The Hall–Kier alpha value is -1.10. The predicted octanol–water partition coefficient (Wildman–Crippen LogP) is 2.69. The molecule has 0 saturated carbocycles. The number of nitrogens with zero attached hydrogens (tertiary/aromatic N) is 1. The summed E-state index contributed by atoms with van der Waals surface area (Å²) < 4.78 is 0. The summed E-state index contributed by atoms with van der Waals surface area (Å²) in [5.41, 5.74) is 0.120. The summed E-state index contributed by atoms with van der Waals surface area (Å²) in [7, 11) is 0. The topological polar surface area (TPSA) is 62.2 Å². The maximum absolute atomic E-state index is 10.6. The molecule has 0 aliphatic rings. The lowest BCUT2D eigenvalue weighted by molar-refractivity contribution is 0.0702. The first-order valence-electron chi connectivity index (χ1n) is 4.76. The van der Waals surface area contributed by atoms with E-state index in [4.69, 9.17) is 5.11 Å². The van der Waals surface area contributed by atoms with Gasteiger partial charge in [0.2, 0.25) is 0 Å². The summed E-state index contributed by atoms with van der Waals surface area (Å²) in [4.78, 5) is 14.9. The molecule has 0 amide bonds. The molecule has 0 saturated heterocycles. The average molecular weight is 228 g/mol. The number of aromatic carboxylic acids is 1. The van der Waals surface area contributed by atoms with E-state index < -0.39 is 5.97 Å². The van der Waals surface area contributed by atoms with Gasteiger partial charge in [0.05, 0.1) is 6.20 Å². The van der Waals surface area contributed by atoms with Crippen molar-refractivity contribution >= 4 is 22.4 Å². The van der Waals surface area contributed by atoms with Crippen LogP contribution >= 0.6 is 11.3 Å². The highest BCUT2D eigenvalue weighted by atomic mass is 32.1. The van der Waals surface area contributed by atoms with Crippen molar-refractivity contribution in [2.45, 2.75) is 33.7 Å². The van der Waals surface area contributed by atoms with E-state index in [1.165, 1.54) is 6.20 Å². The van der Waals surface area contributed by atoms with Crippen LogP contribution in [0.5, 0.6) is 0 Å². The van der Waals surface area contributed by atoms with E-state index in [-0.39, 0.29) is 16.3 Å². The molecule has 1 atom stereocenters. The van der Waals surface area contributed by atoms with Gasteiger partial charge in [-0.1, -0.05) is 32.1 Å². The lowest BCUT2D eigenvalue weighted by Gasteiger charge is -2.27. The lowest BCUT2D eigenvalue weighted by atomic mass is 9.88. The third-order valence-corrected chi connectivity index (χ3v) is 3.27. The Bertz CT molecular complexity index is 355. The van der Waals surface area contributed by atoms with Gasteiger partial charge in [-0.25, -0.2) is 9.78 Å². The van der Waals surface area contributed by atoms with Crippen molar-refractivity contribution in [1.82, 2.24) is 4.98 Å². The molecule has 4 nitrogen and oxygen atoms in total. The molecule has 84 valence electrons. The zero-order chi connectivity index (χ0) is 11.6. The minimum atomic E-state index is -0.927. The molecule has 0 aliphatic carbocycles. The van der Waals surface area contributed by atoms with Gasteiger partial charge in [-0.15, -0.1) is 0 Å². The van der Waals surface area contributed by atoms with Gasteiger partial charge in [-0.3, -0.25) is 0 Å². The van der Waals surface area contributed by atoms with Crippen molar-refractivity contribution in [2.75, 3.05) is 5.32 Å². The molecule has 0 aliphatic heterocycles. The van der Waals surface area contributed by atoms with Gasteiger partial charge < -0.3 is 10.4 Å². The number of aromatic nitrogens is 1. The first-order chi connectivity index (χ1) is 6.80. The van der Waals surface area contributed by atoms with Crippen molar-refractivity contribution in [3.05, 3.63) is 11.1 Å². The number of rotatable bonds is 3. The van der Waals surface area contributed by atoms with Crippen LogP contribution < -0.4 is 5.32 Å². The minimum Gasteiger partial charge on any atom is -0.477 e. The van der Waals surface area contributed by atoms with E-state index in [9.17, 15) is 4.79 Å². The molecule has 1 rings (SSSR count). The van der Waals surface area contributed by atoms with Crippen LogP contribution in [0.1, 0.15) is 37.4 Å². The SMILES string of the molecule is CC(Nc1ncc(C(=O)O)s1)C(C)(C)C. The average Bonchev–Trinajstić information content (AvgIpc) is 2.50. The zero-order valence-electron chi connectivity index (χ0n) is 9.37. The number of hydrogen-bond acceptors (Lipinski definition) is 4. The number of thiazole rings is 1. The number of anilines is 1. The largest absolute Gasteiger partial charge is 0.477 e. The Morgan fingerprint density at radius 3 is 2.60 bits per heavy atom. The Morgan fingerprint density at radius 2 is 2.20 bits per heavy atom. The maximum atomic E-state index is 10.6. The molecule has 2 N–H and O–H groups in total. The molecule has 5 heteroatoms. The predicted molar refractivity (Wildman–Crippen MR) is 61.6 cm³/mol. The van der Waals surface area contributed by atoms with Crippen molar-refractivity contribution in [3.63, 3.8) is 0 Å². The van der Waals surface area contributed by atoms with Gasteiger partial charge in [0.1, 0.15) is 4.88 Å². The Balaban J connectivity index is 2.69. The monoisotopic (exact) mass is 228 g/mol. The molecule has 0 bridgehead atoms. The van der Waals surface area contributed by atoms with Gasteiger partial charge in [-0.05, 0) is 12.3 Å². The second kappa shape index (κ2) is 4.18. The fourth-order valence-electron chi connectivity index (χ4n) is 0.841. The molecule has 0 spiro atoms. The van der Waals surface area contributed by atoms with Crippen LogP contribution in [-0.2, 0) is 0 Å². The van der Waals surface area contributed by atoms with E-state index >= 15 is 0 Å². The van der Waals surface area contributed by atoms with Gasteiger partial charge >= 0.3 is 5.97 Å². The summed E-state index contributed by atoms with van der Waals surface area (Å²) in [6, 6.07) is 0.241. The Labute approximate surface area is 93.4 Å². The highest BCUT2D eigenvalue weighted by molar-refractivity contribution is 7.17. The summed E-state index contributed by atoms with van der Waals surface area (Å²) in [6.07, 6.45) is 1.38. The number of carboxylic acids is 1.